The van der Waals surface area contributed by atoms with E-state index in [0.29, 0.717) is 40.8 Å². The Morgan fingerprint density at radius 3 is 2.68 bits per heavy atom. The van der Waals surface area contributed by atoms with E-state index >= 15 is 0 Å². The van der Waals surface area contributed by atoms with Crippen LogP contribution in [0.1, 0.15) is 63.5 Å². The van der Waals surface area contributed by atoms with Crippen LogP contribution in [0.25, 0.3) is 10.9 Å². The molecule has 0 spiro atoms. The molecule has 0 bridgehead atoms. The van der Waals surface area contributed by atoms with Gasteiger partial charge in [0.05, 0.1) is 28.9 Å². The number of hydrogen-bond acceptors (Lipinski definition) is 7. The minimum absolute atomic E-state index is 0.122. The van der Waals surface area contributed by atoms with Gasteiger partial charge in [-0.2, -0.15) is 0 Å². The smallest absolute Gasteiger partial charge is 0.408 e. The van der Waals surface area contributed by atoms with E-state index in [9.17, 15) is 18.0 Å². The molecule has 3 heterocycles. The van der Waals surface area contributed by atoms with E-state index in [2.05, 4.69) is 30.5 Å². The number of anilines is 2. The molecule has 0 unspecified atom stereocenters. The number of aryl methyl sites for hydroxylation is 1. The Morgan fingerprint density at radius 1 is 1.24 bits per heavy atom. The number of alkyl halides is 2. The van der Waals surface area contributed by atoms with Gasteiger partial charge < -0.3 is 20.3 Å². The maximum atomic E-state index is 14.8. The highest BCUT2D eigenvalue weighted by Crippen LogP contribution is 2.50. The summed E-state index contributed by atoms with van der Waals surface area (Å²) in [6, 6.07) is 5.22. The number of carbonyl (C=O) groups is 1. The number of halogens is 3. The van der Waals surface area contributed by atoms with Crippen LogP contribution in [0.5, 0.6) is 0 Å². The first-order chi connectivity index (χ1) is 17.8. The number of hydrogen-bond donors (Lipinski definition) is 2. The number of alkyl carbamates (subject to hydrolysis) is 1. The summed E-state index contributed by atoms with van der Waals surface area (Å²) in [6.07, 6.45) is -0.796. The van der Waals surface area contributed by atoms with Gasteiger partial charge in [0.2, 0.25) is 0 Å². The number of aromatic nitrogens is 3. The standard InChI is InChI=1S/C27H31F3N6O2/c1-14(17-7-6-8-18(22(17)28)23(29)30)32-24-19-9-21(31-11-20(19)33-15(2)34-24)36-12-16-10-27(16,13-36)35-25(37)38-26(3,4)5/h6-9,11,14,16,23H,10,12-13H2,1-5H3,(H,35,37)(H,32,33,34)/t14-,16+,27+/m1/s1. The number of pyridine rings is 1. The van der Waals surface area contributed by atoms with Crippen molar-refractivity contribution >= 4 is 28.6 Å². The number of carbonyl (C=O) groups excluding carboxylic acids is 1. The van der Waals surface area contributed by atoms with Crippen LogP contribution in [0.2, 0.25) is 0 Å². The molecule has 5 rings (SSSR count). The Kier molecular flexibility index (Phi) is 6.35. The van der Waals surface area contributed by atoms with Crippen molar-refractivity contribution in [2.75, 3.05) is 23.3 Å². The highest BCUT2D eigenvalue weighted by Gasteiger charge is 2.61. The van der Waals surface area contributed by atoms with Crippen LogP contribution in [0.4, 0.5) is 29.6 Å². The summed E-state index contributed by atoms with van der Waals surface area (Å²) < 4.78 is 46.7. The fourth-order valence-electron chi connectivity index (χ4n) is 5.13. The first-order valence-corrected chi connectivity index (χ1v) is 12.6. The Hall–Kier alpha value is -3.63. The van der Waals surface area contributed by atoms with Crippen molar-refractivity contribution in [1.82, 2.24) is 20.3 Å². The Labute approximate surface area is 219 Å². The van der Waals surface area contributed by atoms with Crippen molar-refractivity contribution in [2.24, 2.45) is 5.92 Å². The molecule has 8 nitrogen and oxygen atoms in total. The maximum Gasteiger partial charge on any atom is 0.408 e. The van der Waals surface area contributed by atoms with Crippen LogP contribution >= 0.6 is 0 Å². The van der Waals surface area contributed by atoms with E-state index in [1.54, 1.807) is 20.0 Å². The summed E-state index contributed by atoms with van der Waals surface area (Å²) in [4.78, 5) is 28.1. The third-order valence-corrected chi connectivity index (χ3v) is 7.01. The summed E-state index contributed by atoms with van der Waals surface area (Å²) in [5.41, 5.74) is -0.829. The molecule has 1 amide bonds. The minimum atomic E-state index is -2.90. The van der Waals surface area contributed by atoms with Gasteiger partial charge in [-0.15, -0.1) is 0 Å². The van der Waals surface area contributed by atoms with E-state index in [1.807, 2.05) is 26.8 Å². The van der Waals surface area contributed by atoms with Crippen molar-refractivity contribution in [3.63, 3.8) is 0 Å². The average Bonchev–Trinajstić information content (AvgIpc) is 3.35. The monoisotopic (exact) mass is 528 g/mol. The van der Waals surface area contributed by atoms with Crippen molar-refractivity contribution in [1.29, 1.82) is 0 Å². The maximum absolute atomic E-state index is 14.8. The quantitative estimate of drug-likeness (QED) is 0.425. The number of piperidine rings is 1. The van der Waals surface area contributed by atoms with Crippen LogP contribution < -0.4 is 15.5 Å². The van der Waals surface area contributed by atoms with E-state index in [1.165, 1.54) is 12.1 Å². The second-order valence-electron chi connectivity index (χ2n) is 11.2. The lowest BCUT2D eigenvalue weighted by Crippen LogP contribution is -2.44. The highest BCUT2D eigenvalue weighted by atomic mass is 19.3. The number of nitrogens with one attached hydrogen (secondary N) is 2. The number of ether oxygens (including phenoxy) is 1. The van der Waals surface area contributed by atoms with Crippen LogP contribution in [-0.2, 0) is 4.74 Å². The van der Waals surface area contributed by atoms with Crippen molar-refractivity contribution in [3.05, 3.63) is 53.2 Å². The van der Waals surface area contributed by atoms with Crippen molar-refractivity contribution < 1.29 is 22.7 Å². The summed E-state index contributed by atoms with van der Waals surface area (Å²) in [6.45, 7) is 10.2. The zero-order valence-corrected chi connectivity index (χ0v) is 22.0. The normalized spacial score (nSPS) is 21.4. The molecule has 2 aromatic heterocycles. The van der Waals surface area contributed by atoms with Crippen LogP contribution in [-0.4, -0.2) is 45.3 Å². The van der Waals surface area contributed by atoms with Crippen LogP contribution in [0.3, 0.4) is 0 Å². The molecule has 2 aliphatic rings. The fourth-order valence-corrected chi connectivity index (χ4v) is 5.13. The second kappa shape index (κ2) is 9.28. The molecule has 2 N–H and O–H groups in total. The summed E-state index contributed by atoms with van der Waals surface area (Å²) >= 11 is 0. The van der Waals surface area contributed by atoms with E-state index in [0.717, 1.165) is 19.0 Å². The van der Waals surface area contributed by atoms with Crippen LogP contribution in [0, 0.1) is 18.7 Å². The summed E-state index contributed by atoms with van der Waals surface area (Å²) in [7, 11) is 0. The zero-order valence-electron chi connectivity index (χ0n) is 22.0. The van der Waals surface area contributed by atoms with Crippen molar-refractivity contribution in [3.8, 4) is 0 Å². The van der Waals surface area contributed by atoms with Gasteiger partial charge >= 0.3 is 6.09 Å². The molecule has 2 fully saturated rings. The largest absolute Gasteiger partial charge is 0.444 e. The highest BCUT2D eigenvalue weighted by molar-refractivity contribution is 5.90. The van der Waals surface area contributed by atoms with Gasteiger partial charge in [0, 0.05) is 30.0 Å². The number of benzene rings is 1. The molecule has 0 radical (unpaired) electrons. The molecule has 1 saturated heterocycles. The fraction of sp³-hybridized carbons (Fsp3) is 0.481. The Balaban J connectivity index is 1.39. The lowest BCUT2D eigenvalue weighted by molar-refractivity contribution is 0.0498. The van der Waals surface area contributed by atoms with Crippen LogP contribution in [0.15, 0.2) is 30.5 Å². The van der Waals surface area contributed by atoms with E-state index in [-0.39, 0.29) is 11.1 Å². The minimum Gasteiger partial charge on any atom is -0.444 e. The molecule has 1 aromatic carbocycles. The van der Waals surface area contributed by atoms with Gasteiger partial charge in [-0.05, 0) is 47.1 Å². The lowest BCUT2D eigenvalue weighted by atomic mass is 10.0. The second-order valence-corrected chi connectivity index (χ2v) is 11.2. The van der Waals surface area contributed by atoms with Gasteiger partial charge in [0.1, 0.15) is 28.9 Å². The molecular formula is C27H31F3N6O2. The van der Waals surface area contributed by atoms with Gasteiger partial charge in [-0.1, -0.05) is 18.2 Å². The zero-order chi connectivity index (χ0) is 27.4. The van der Waals surface area contributed by atoms with E-state index < -0.39 is 35.5 Å². The summed E-state index contributed by atoms with van der Waals surface area (Å²) in [5, 5.41) is 6.90. The molecule has 202 valence electrons. The first kappa shape index (κ1) is 26.0. The van der Waals surface area contributed by atoms with E-state index in [4.69, 9.17) is 4.74 Å². The Morgan fingerprint density at radius 2 is 1.97 bits per heavy atom. The third-order valence-electron chi connectivity index (χ3n) is 7.01. The molecule has 11 heteroatoms. The predicted octanol–water partition coefficient (Wildman–Crippen LogP) is 5.69. The van der Waals surface area contributed by atoms with Gasteiger partial charge in [0.25, 0.3) is 6.43 Å². The SMILES string of the molecule is Cc1nc(N[C@H](C)c2cccc(C(F)F)c2F)c2cc(N3C[C@@H]4C[C@]4(NC(=O)OC(C)(C)C)C3)ncc2n1. The molecular weight excluding hydrogens is 497 g/mol. The molecule has 38 heavy (non-hydrogen) atoms. The molecule has 1 saturated carbocycles. The Bertz CT molecular complexity index is 1400. The lowest BCUT2D eigenvalue weighted by Gasteiger charge is -2.25. The number of rotatable bonds is 6. The van der Waals surface area contributed by atoms with Gasteiger partial charge in [0.15, 0.2) is 0 Å². The molecule has 3 atom stereocenters. The molecule has 3 aromatic rings. The number of nitrogens with zero attached hydrogens (tertiary/aromatic N) is 4. The van der Waals surface area contributed by atoms with Crippen molar-refractivity contribution in [2.45, 2.75) is 64.6 Å². The molecule has 1 aliphatic carbocycles. The number of fused-ring (bicyclic) bond motifs is 2. The van der Waals surface area contributed by atoms with Gasteiger partial charge in [-0.25, -0.2) is 32.9 Å². The topological polar surface area (TPSA) is 92.3 Å². The molecule has 1 aliphatic heterocycles. The third kappa shape index (κ3) is 5.06. The predicted molar refractivity (Wildman–Crippen MR) is 138 cm³/mol. The number of amides is 1. The first-order valence-electron chi connectivity index (χ1n) is 12.6. The van der Waals surface area contributed by atoms with Gasteiger partial charge in [-0.3, -0.25) is 0 Å². The average molecular weight is 529 g/mol. The summed E-state index contributed by atoms with van der Waals surface area (Å²) in [5.74, 6) is 1.01.